The van der Waals surface area contributed by atoms with Gasteiger partial charge in [-0.15, -0.1) is 0 Å². The van der Waals surface area contributed by atoms with Gasteiger partial charge < -0.3 is 5.11 Å². The number of phenolic OH excluding ortho intramolecular Hbond substituents is 1. The van der Waals surface area contributed by atoms with Gasteiger partial charge in [0, 0.05) is 0 Å². The van der Waals surface area contributed by atoms with Crippen molar-refractivity contribution in [3.05, 3.63) is 28.8 Å². The van der Waals surface area contributed by atoms with Gasteiger partial charge in [-0.05, 0) is 34.4 Å². The number of aromatic hydroxyl groups is 1. The Morgan fingerprint density at radius 2 is 1.41 bits per heavy atom. The van der Waals surface area contributed by atoms with Crippen LogP contribution < -0.4 is 0 Å². The minimum absolute atomic E-state index is 0.124. The molecule has 0 aliphatic carbocycles. The van der Waals surface area contributed by atoms with Crippen molar-refractivity contribution in [2.45, 2.75) is 65.0 Å². The van der Waals surface area contributed by atoms with Gasteiger partial charge in [-0.2, -0.15) is 8.42 Å². The second-order valence-corrected chi connectivity index (χ2v) is 9.29. The molecule has 4 nitrogen and oxygen atoms in total. The van der Waals surface area contributed by atoms with Crippen molar-refractivity contribution in [3.8, 4) is 5.75 Å². The van der Waals surface area contributed by atoms with Crippen molar-refractivity contribution in [2.24, 2.45) is 0 Å². The van der Waals surface area contributed by atoms with Crippen LogP contribution in [0.2, 0.25) is 0 Å². The predicted octanol–water partition coefficient (Wildman–Crippen LogP) is 3.85. The predicted molar refractivity (Wildman–Crippen MR) is 89.8 cm³/mol. The first-order chi connectivity index (χ1) is 9.78. The van der Waals surface area contributed by atoms with Crippen molar-refractivity contribution < 1.29 is 17.7 Å². The van der Waals surface area contributed by atoms with Gasteiger partial charge in [0.05, 0.1) is 6.61 Å². The molecule has 0 heterocycles. The van der Waals surface area contributed by atoms with Crippen molar-refractivity contribution in [1.29, 1.82) is 0 Å². The van der Waals surface area contributed by atoms with Crippen molar-refractivity contribution in [2.75, 3.05) is 6.61 Å². The van der Waals surface area contributed by atoms with E-state index in [-0.39, 0.29) is 28.9 Å². The third-order valence-electron chi connectivity index (χ3n) is 3.43. The first-order valence-corrected chi connectivity index (χ1v) is 9.09. The SMILES string of the molecule is CCOS(=O)(=O)Cc1cc(C(C)(C)C)c(O)c(C(C)(C)C)c1. The summed E-state index contributed by atoms with van der Waals surface area (Å²) in [6.07, 6.45) is 0. The fourth-order valence-corrected chi connectivity index (χ4v) is 3.36. The Balaban J connectivity index is 3.49. The molecule has 1 aromatic rings. The Bertz CT molecular complexity index is 597. The highest BCUT2D eigenvalue weighted by Crippen LogP contribution is 2.40. The third kappa shape index (κ3) is 4.71. The van der Waals surface area contributed by atoms with Crippen LogP contribution in [0.3, 0.4) is 0 Å². The zero-order chi connectivity index (χ0) is 17.3. The van der Waals surface area contributed by atoms with Crippen molar-refractivity contribution >= 4 is 10.1 Å². The van der Waals surface area contributed by atoms with Gasteiger partial charge >= 0.3 is 0 Å². The molecule has 22 heavy (non-hydrogen) atoms. The van der Waals surface area contributed by atoms with Crippen LogP contribution in [0.4, 0.5) is 0 Å². The highest BCUT2D eigenvalue weighted by Gasteiger charge is 2.27. The Kier molecular flexibility index (Phi) is 5.35. The molecule has 1 rings (SSSR count). The lowest BCUT2D eigenvalue weighted by Crippen LogP contribution is -2.19. The Morgan fingerprint density at radius 1 is 1.00 bits per heavy atom. The van der Waals surface area contributed by atoms with Crippen LogP contribution in [0, 0.1) is 0 Å². The van der Waals surface area contributed by atoms with Crippen LogP contribution in [-0.2, 0) is 30.9 Å². The van der Waals surface area contributed by atoms with Crippen LogP contribution in [0.25, 0.3) is 0 Å². The standard InChI is InChI=1S/C17H28O4S/c1-8-21-22(19,20)11-12-9-13(16(2,3)4)15(18)14(10-12)17(5,6)7/h9-10,18H,8,11H2,1-7H3. The van der Waals surface area contributed by atoms with Crippen LogP contribution in [0.15, 0.2) is 12.1 Å². The molecule has 1 aromatic carbocycles. The van der Waals surface area contributed by atoms with E-state index in [0.717, 1.165) is 11.1 Å². The topological polar surface area (TPSA) is 63.6 Å². The van der Waals surface area contributed by atoms with Gasteiger partial charge in [0.15, 0.2) is 0 Å². The quantitative estimate of drug-likeness (QED) is 0.853. The molecule has 0 amide bonds. The summed E-state index contributed by atoms with van der Waals surface area (Å²) in [6, 6.07) is 3.53. The summed E-state index contributed by atoms with van der Waals surface area (Å²) in [4.78, 5) is 0. The number of benzene rings is 1. The molecule has 0 fully saturated rings. The number of rotatable bonds is 4. The molecule has 0 saturated carbocycles. The summed E-state index contributed by atoms with van der Waals surface area (Å²) in [5.41, 5.74) is 1.58. The maximum Gasteiger partial charge on any atom is 0.271 e. The number of phenols is 1. The minimum Gasteiger partial charge on any atom is -0.507 e. The van der Waals surface area contributed by atoms with Crippen LogP contribution >= 0.6 is 0 Å². The smallest absolute Gasteiger partial charge is 0.271 e. The van der Waals surface area contributed by atoms with Crippen molar-refractivity contribution in [1.82, 2.24) is 0 Å². The molecule has 0 aliphatic rings. The lowest BCUT2D eigenvalue weighted by Gasteiger charge is -2.28. The van der Waals surface area contributed by atoms with Crippen LogP contribution in [0.5, 0.6) is 5.75 Å². The maximum absolute atomic E-state index is 11.9. The molecule has 1 N–H and O–H groups in total. The van der Waals surface area contributed by atoms with Gasteiger partial charge in [-0.3, -0.25) is 4.18 Å². The molecule has 0 aromatic heterocycles. The molecule has 0 atom stereocenters. The third-order valence-corrected chi connectivity index (χ3v) is 4.71. The summed E-state index contributed by atoms with van der Waals surface area (Å²) < 4.78 is 28.7. The lowest BCUT2D eigenvalue weighted by atomic mass is 9.78. The van der Waals surface area contributed by atoms with Crippen LogP contribution in [-0.4, -0.2) is 20.1 Å². The highest BCUT2D eigenvalue weighted by molar-refractivity contribution is 7.85. The molecule has 0 spiro atoms. The van der Waals surface area contributed by atoms with Gasteiger partial charge in [-0.1, -0.05) is 53.7 Å². The van der Waals surface area contributed by atoms with Gasteiger partial charge in [-0.25, -0.2) is 0 Å². The second kappa shape index (κ2) is 6.20. The van der Waals surface area contributed by atoms with E-state index in [1.807, 2.05) is 41.5 Å². The second-order valence-electron chi connectivity index (χ2n) is 7.65. The first-order valence-electron chi connectivity index (χ1n) is 7.52. The maximum atomic E-state index is 11.9. The Labute approximate surface area is 134 Å². The normalized spacial score (nSPS) is 13.4. The molecular weight excluding hydrogens is 300 g/mol. The van der Waals surface area contributed by atoms with Gasteiger partial charge in [0.25, 0.3) is 10.1 Å². The highest BCUT2D eigenvalue weighted by atomic mass is 32.2. The van der Waals surface area contributed by atoms with E-state index < -0.39 is 10.1 Å². The molecule has 0 saturated heterocycles. The van der Waals surface area contributed by atoms with Crippen molar-refractivity contribution in [3.63, 3.8) is 0 Å². The van der Waals surface area contributed by atoms with E-state index in [0.29, 0.717) is 5.56 Å². The lowest BCUT2D eigenvalue weighted by molar-refractivity contribution is 0.337. The Hall–Kier alpha value is -1.07. The number of hydrogen-bond acceptors (Lipinski definition) is 4. The fourth-order valence-electron chi connectivity index (χ4n) is 2.35. The monoisotopic (exact) mass is 328 g/mol. The average Bonchev–Trinajstić information content (AvgIpc) is 2.27. The van der Waals surface area contributed by atoms with E-state index in [1.165, 1.54) is 0 Å². The van der Waals surface area contributed by atoms with E-state index in [2.05, 4.69) is 0 Å². The molecule has 126 valence electrons. The van der Waals surface area contributed by atoms with Gasteiger partial charge in [0.2, 0.25) is 0 Å². The number of hydrogen-bond donors (Lipinski definition) is 1. The summed E-state index contributed by atoms with van der Waals surface area (Å²) >= 11 is 0. The summed E-state index contributed by atoms with van der Waals surface area (Å²) in [5, 5.41) is 10.6. The minimum atomic E-state index is -3.60. The molecule has 5 heteroatoms. The zero-order valence-electron chi connectivity index (χ0n) is 14.6. The summed E-state index contributed by atoms with van der Waals surface area (Å²) in [7, 11) is -3.60. The van der Waals surface area contributed by atoms with E-state index in [1.54, 1.807) is 19.1 Å². The largest absolute Gasteiger partial charge is 0.507 e. The molecule has 0 aliphatic heterocycles. The zero-order valence-corrected chi connectivity index (χ0v) is 15.5. The summed E-state index contributed by atoms with van der Waals surface area (Å²) in [6.45, 7) is 13.7. The molecule has 0 radical (unpaired) electrons. The molecular formula is C17H28O4S. The fraction of sp³-hybridized carbons (Fsp3) is 0.647. The summed E-state index contributed by atoms with van der Waals surface area (Å²) in [5.74, 6) is 0.0605. The van der Waals surface area contributed by atoms with E-state index in [9.17, 15) is 13.5 Å². The van der Waals surface area contributed by atoms with E-state index >= 15 is 0 Å². The molecule has 0 unspecified atom stereocenters. The van der Waals surface area contributed by atoms with E-state index in [4.69, 9.17) is 4.18 Å². The first kappa shape index (κ1) is 19.0. The molecule has 0 bridgehead atoms. The van der Waals surface area contributed by atoms with Crippen LogP contribution in [0.1, 0.15) is 65.2 Å². The average molecular weight is 328 g/mol. The van der Waals surface area contributed by atoms with Gasteiger partial charge in [0.1, 0.15) is 11.5 Å². The Morgan fingerprint density at radius 3 is 1.73 bits per heavy atom.